The zero-order valence-corrected chi connectivity index (χ0v) is 16.9. The van der Waals surface area contributed by atoms with E-state index >= 15 is 0 Å². The molecule has 0 fully saturated rings. The Bertz CT molecular complexity index is 1300. The highest BCUT2D eigenvalue weighted by molar-refractivity contribution is 6.09. The molecule has 0 spiro atoms. The van der Waals surface area contributed by atoms with Crippen LogP contribution in [0.1, 0.15) is 38.3 Å². The van der Waals surface area contributed by atoms with Gasteiger partial charge in [-0.3, -0.25) is 9.59 Å². The van der Waals surface area contributed by atoms with Gasteiger partial charge in [0.1, 0.15) is 0 Å². The summed E-state index contributed by atoms with van der Waals surface area (Å²) in [5.74, 6) is -0.618. The molecule has 2 amide bonds. The molecule has 0 saturated carbocycles. The fourth-order valence-corrected chi connectivity index (χ4v) is 4.18. The first-order valence-electron chi connectivity index (χ1n) is 10.2. The molecule has 31 heavy (non-hydrogen) atoms. The fraction of sp³-hybridized carbons (Fsp3) is 0.167. The van der Waals surface area contributed by atoms with Crippen LogP contribution in [0.25, 0.3) is 11.0 Å². The summed E-state index contributed by atoms with van der Waals surface area (Å²) in [6.07, 6.45) is 4.83. The molecule has 154 valence electrons. The molecular weight excluding hydrogens is 390 g/mol. The van der Waals surface area contributed by atoms with Gasteiger partial charge in [-0.25, -0.2) is 9.67 Å². The lowest BCUT2D eigenvalue weighted by molar-refractivity contribution is 0.0977. The van der Waals surface area contributed by atoms with Gasteiger partial charge in [0.15, 0.2) is 5.65 Å². The maximum Gasteiger partial charge on any atom is 0.259 e. The van der Waals surface area contributed by atoms with Crippen LogP contribution >= 0.6 is 0 Å². The summed E-state index contributed by atoms with van der Waals surface area (Å²) in [4.78, 5) is 31.4. The largest absolute Gasteiger partial charge is 0.366 e. The highest BCUT2D eigenvalue weighted by Gasteiger charge is 2.26. The van der Waals surface area contributed by atoms with Crippen LogP contribution in [-0.4, -0.2) is 33.1 Å². The molecular formula is C24H21N5O2. The molecule has 7 nitrogen and oxygen atoms in total. The van der Waals surface area contributed by atoms with Gasteiger partial charge in [-0.2, -0.15) is 5.10 Å². The number of rotatable bonds is 4. The standard InChI is InChI=1S/C24H21N5O2/c25-22(30)20-8-4-10-21-19(20)9-5-11-28(21)24(31)18-12-17-14-27-29(23(17)26-13-18)15-16-6-2-1-3-7-16/h1-4,6-8,10,12-14H,5,9,11,15H2,(H2,25,30). The van der Waals surface area contributed by atoms with Crippen LogP contribution in [-0.2, 0) is 13.0 Å². The summed E-state index contributed by atoms with van der Waals surface area (Å²) in [5, 5.41) is 5.26. The van der Waals surface area contributed by atoms with Crippen molar-refractivity contribution in [1.29, 1.82) is 0 Å². The highest BCUT2D eigenvalue weighted by atomic mass is 16.2. The summed E-state index contributed by atoms with van der Waals surface area (Å²) in [7, 11) is 0. The molecule has 0 aliphatic carbocycles. The van der Waals surface area contributed by atoms with Gasteiger partial charge in [0.25, 0.3) is 5.91 Å². The highest BCUT2D eigenvalue weighted by Crippen LogP contribution is 2.31. The molecule has 2 N–H and O–H groups in total. The lowest BCUT2D eigenvalue weighted by Crippen LogP contribution is -2.36. The van der Waals surface area contributed by atoms with E-state index in [9.17, 15) is 9.59 Å². The van der Waals surface area contributed by atoms with Gasteiger partial charge < -0.3 is 10.6 Å². The number of fused-ring (bicyclic) bond motifs is 2. The molecule has 1 aliphatic rings. The van der Waals surface area contributed by atoms with E-state index in [4.69, 9.17) is 5.73 Å². The Hall–Kier alpha value is -4.00. The van der Waals surface area contributed by atoms with E-state index in [1.807, 2.05) is 47.1 Å². The second-order valence-electron chi connectivity index (χ2n) is 7.65. The van der Waals surface area contributed by atoms with E-state index in [-0.39, 0.29) is 5.91 Å². The molecule has 5 rings (SSSR count). The van der Waals surface area contributed by atoms with Gasteiger partial charge in [0, 0.05) is 29.4 Å². The topological polar surface area (TPSA) is 94.1 Å². The van der Waals surface area contributed by atoms with Crippen molar-refractivity contribution in [2.24, 2.45) is 5.73 Å². The normalized spacial score (nSPS) is 13.2. The second-order valence-corrected chi connectivity index (χ2v) is 7.65. The van der Waals surface area contributed by atoms with Crippen LogP contribution in [0.4, 0.5) is 5.69 Å². The summed E-state index contributed by atoms with van der Waals surface area (Å²) >= 11 is 0. The smallest absolute Gasteiger partial charge is 0.259 e. The molecule has 7 heteroatoms. The zero-order chi connectivity index (χ0) is 21.4. The van der Waals surface area contributed by atoms with Gasteiger partial charge in [-0.1, -0.05) is 36.4 Å². The van der Waals surface area contributed by atoms with E-state index in [0.717, 1.165) is 40.7 Å². The molecule has 0 atom stereocenters. The lowest BCUT2D eigenvalue weighted by atomic mass is 9.95. The Morgan fingerprint density at radius 2 is 1.87 bits per heavy atom. The number of anilines is 1. The number of amides is 2. The van der Waals surface area contributed by atoms with Gasteiger partial charge in [-0.05, 0) is 42.2 Å². The third kappa shape index (κ3) is 3.44. The number of primary amides is 1. The molecule has 3 heterocycles. The number of nitrogens with two attached hydrogens (primary N) is 1. The predicted octanol–water partition coefficient (Wildman–Crippen LogP) is 3.17. The Balaban J connectivity index is 1.46. The minimum Gasteiger partial charge on any atom is -0.366 e. The number of aromatic nitrogens is 3. The number of benzene rings is 2. The number of nitrogens with zero attached hydrogens (tertiary/aromatic N) is 4. The van der Waals surface area contributed by atoms with Crippen molar-refractivity contribution >= 4 is 28.5 Å². The van der Waals surface area contributed by atoms with Crippen molar-refractivity contribution < 1.29 is 9.59 Å². The first-order valence-corrected chi connectivity index (χ1v) is 10.2. The molecule has 0 unspecified atom stereocenters. The SMILES string of the molecule is NC(=O)c1cccc2c1CCCN2C(=O)c1cnc2c(cnn2Cc2ccccc2)c1. The molecule has 0 radical (unpaired) electrons. The Labute approximate surface area is 179 Å². The van der Waals surface area contributed by atoms with Crippen molar-refractivity contribution in [3.05, 3.63) is 89.2 Å². The van der Waals surface area contributed by atoms with Crippen LogP contribution < -0.4 is 10.6 Å². The summed E-state index contributed by atoms with van der Waals surface area (Å²) < 4.78 is 1.83. The van der Waals surface area contributed by atoms with Gasteiger partial charge in [-0.15, -0.1) is 0 Å². The Kier molecular flexibility index (Phi) is 4.71. The zero-order valence-electron chi connectivity index (χ0n) is 16.9. The van der Waals surface area contributed by atoms with Gasteiger partial charge in [0.05, 0.1) is 18.3 Å². The number of carbonyl (C=O) groups excluding carboxylic acids is 2. The molecule has 4 aromatic rings. The molecule has 0 saturated heterocycles. The van der Waals surface area contributed by atoms with Crippen LogP contribution in [0.15, 0.2) is 67.0 Å². The third-order valence-corrected chi connectivity index (χ3v) is 5.66. The van der Waals surface area contributed by atoms with Crippen molar-refractivity contribution in [3.8, 4) is 0 Å². The molecule has 2 aromatic heterocycles. The van der Waals surface area contributed by atoms with E-state index in [0.29, 0.717) is 24.2 Å². The van der Waals surface area contributed by atoms with Crippen molar-refractivity contribution in [3.63, 3.8) is 0 Å². The minimum atomic E-state index is -0.472. The molecule has 0 bridgehead atoms. The number of hydrogen-bond donors (Lipinski definition) is 1. The molecule has 2 aromatic carbocycles. The van der Waals surface area contributed by atoms with Crippen molar-refractivity contribution in [1.82, 2.24) is 14.8 Å². The van der Waals surface area contributed by atoms with Crippen molar-refractivity contribution in [2.45, 2.75) is 19.4 Å². The average Bonchev–Trinajstić information content (AvgIpc) is 3.20. The first kappa shape index (κ1) is 19.0. The summed E-state index contributed by atoms with van der Waals surface area (Å²) in [6.45, 7) is 1.19. The quantitative estimate of drug-likeness (QED) is 0.558. The van der Waals surface area contributed by atoms with Gasteiger partial charge >= 0.3 is 0 Å². The Morgan fingerprint density at radius 1 is 1.03 bits per heavy atom. The van der Waals surface area contributed by atoms with Crippen LogP contribution in [0.3, 0.4) is 0 Å². The van der Waals surface area contributed by atoms with E-state index < -0.39 is 5.91 Å². The van der Waals surface area contributed by atoms with E-state index in [2.05, 4.69) is 10.1 Å². The average molecular weight is 411 g/mol. The van der Waals surface area contributed by atoms with Gasteiger partial charge in [0.2, 0.25) is 5.91 Å². The molecule has 1 aliphatic heterocycles. The number of hydrogen-bond acceptors (Lipinski definition) is 4. The van der Waals surface area contributed by atoms with E-state index in [1.54, 1.807) is 29.4 Å². The predicted molar refractivity (Wildman–Crippen MR) is 118 cm³/mol. The number of carbonyl (C=O) groups is 2. The maximum absolute atomic E-state index is 13.3. The van der Waals surface area contributed by atoms with E-state index in [1.165, 1.54) is 0 Å². The first-order chi connectivity index (χ1) is 15.1. The van der Waals surface area contributed by atoms with Crippen molar-refractivity contribution in [2.75, 3.05) is 11.4 Å². The number of pyridine rings is 1. The van der Waals surface area contributed by atoms with Crippen LogP contribution in [0.2, 0.25) is 0 Å². The van der Waals surface area contributed by atoms with Crippen LogP contribution in [0, 0.1) is 0 Å². The van der Waals surface area contributed by atoms with Crippen LogP contribution in [0.5, 0.6) is 0 Å². The monoisotopic (exact) mass is 411 g/mol. The fourth-order valence-electron chi connectivity index (χ4n) is 4.18. The summed E-state index contributed by atoms with van der Waals surface area (Å²) in [6, 6.07) is 17.2. The second kappa shape index (κ2) is 7.68. The maximum atomic E-state index is 13.3. The minimum absolute atomic E-state index is 0.146. The lowest BCUT2D eigenvalue weighted by Gasteiger charge is -2.30. The third-order valence-electron chi connectivity index (χ3n) is 5.66. The summed E-state index contributed by atoms with van der Waals surface area (Å²) in [5.41, 5.74) is 9.93. The Morgan fingerprint density at radius 3 is 2.68 bits per heavy atom.